The van der Waals surface area contributed by atoms with Crippen molar-refractivity contribution in [2.75, 3.05) is 33.3 Å². The molecule has 0 radical (unpaired) electrons. The van der Waals surface area contributed by atoms with E-state index in [9.17, 15) is 0 Å². The summed E-state index contributed by atoms with van der Waals surface area (Å²) in [6.45, 7) is 9.48. The minimum absolute atomic E-state index is 0.494. The van der Waals surface area contributed by atoms with Crippen LogP contribution in [0.1, 0.15) is 50.7 Å². The van der Waals surface area contributed by atoms with Gasteiger partial charge in [0.1, 0.15) is 11.6 Å². The van der Waals surface area contributed by atoms with Gasteiger partial charge in [0.05, 0.1) is 19.3 Å². The fourth-order valence-electron chi connectivity index (χ4n) is 4.18. The van der Waals surface area contributed by atoms with Crippen LogP contribution in [0.2, 0.25) is 0 Å². The summed E-state index contributed by atoms with van der Waals surface area (Å²) < 4.78 is 8.28. The maximum atomic E-state index is 6.19. The first-order valence-corrected chi connectivity index (χ1v) is 9.93. The highest BCUT2D eigenvalue weighted by Crippen LogP contribution is 2.26. The number of likely N-dealkylation sites (tertiary alicyclic amines) is 1. The summed E-state index contributed by atoms with van der Waals surface area (Å²) in [5.74, 6) is 2.76. The predicted octanol–water partition coefficient (Wildman–Crippen LogP) is 2.22. The quantitative estimate of drug-likeness (QED) is 0.755. The Morgan fingerprint density at radius 3 is 2.72 bits per heavy atom. The molecule has 0 unspecified atom stereocenters. The maximum absolute atomic E-state index is 6.19. The lowest BCUT2D eigenvalue weighted by molar-refractivity contribution is -0.0124. The minimum atomic E-state index is 0.494. The van der Waals surface area contributed by atoms with Crippen LogP contribution in [0, 0.1) is 12.8 Å². The van der Waals surface area contributed by atoms with E-state index in [0.29, 0.717) is 12.1 Å². The minimum Gasteiger partial charge on any atom is -0.377 e. The third-order valence-electron chi connectivity index (χ3n) is 6.22. The van der Waals surface area contributed by atoms with Gasteiger partial charge in [-0.15, -0.1) is 10.2 Å². The van der Waals surface area contributed by atoms with E-state index in [4.69, 9.17) is 4.74 Å². The van der Waals surface area contributed by atoms with Crippen LogP contribution in [0.25, 0.3) is 0 Å². The molecule has 0 spiro atoms. The van der Waals surface area contributed by atoms with Crippen molar-refractivity contribution in [1.82, 2.24) is 24.6 Å². The molecule has 1 aliphatic heterocycles. The van der Waals surface area contributed by atoms with Gasteiger partial charge < -0.3 is 9.30 Å². The molecular formula is C19H35N5O. The summed E-state index contributed by atoms with van der Waals surface area (Å²) in [7, 11) is 4.25. The Kier molecular flexibility index (Phi) is 6.47. The van der Waals surface area contributed by atoms with Crippen molar-refractivity contribution in [3.05, 3.63) is 11.6 Å². The highest BCUT2D eigenvalue weighted by Gasteiger charge is 2.27. The van der Waals surface area contributed by atoms with Crippen LogP contribution in [0.4, 0.5) is 0 Å². The lowest BCUT2D eigenvalue weighted by Gasteiger charge is -2.29. The van der Waals surface area contributed by atoms with Crippen LogP contribution in [0.5, 0.6) is 0 Å². The number of hydrogen-bond donors (Lipinski definition) is 0. The van der Waals surface area contributed by atoms with Gasteiger partial charge in [0.2, 0.25) is 0 Å². The van der Waals surface area contributed by atoms with E-state index in [1.165, 1.54) is 38.6 Å². The van der Waals surface area contributed by atoms with Gasteiger partial charge in [0.25, 0.3) is 0 Å². The Bertz CT molecular complexity index is 546. The van der Waals surface area contributed by atoms with Crippen LogP contribution in [-0.2, 0) is 18.3 Å². The van der Waals surface area contributed by atoms with Gasteiger partial charge >= 0.3 is 0 Å². The molecule has 0 amide bonds. The second-order valence-electron chi connectivity index (χ2n) is 8.05. The van der Waals surface area contributed by atoms with Crippen LogP contribution in [0.3, 0.4) is 0 Å². The number of rotatable bonds is 7. The second kappa shape index (κ2) is 8.60. The van der Waals surface area contributed by atoms with E-state index in [1.807, 2.05) is 14.0 Å². The standard InChI is InChI=1S/C19H35N5O/c1-15-7-5-6-8-18(15)25-12-11-24-10-9-17(13-24)22(3)14-19-21-20-16(2)23(19)4/h15,17-18H,5-14H2,1-4H3/t15-,17-,18-/m1/s1. The van der Waals surface area contributed by atoms with Gasteiger partial charge in [0, 0.05) is 26.2 Å². The van der Waals surface area contributed by atoms with E-state index in [0.717, 1.165) is 43.8 Å². The maximum Gasteiger partial charge on any atom is 0.146 e. The van der Waals surface area contributed by atoms with Gasteiger partial charge in [-0.2, -0.15) is 0 Å². The number of aromatic nitrogens is 3. The monoisotopic (exact) mass is 349 g/mol. The normalized spacial score (nSPS) is 28.1. The van der Waals surface area contributed by atoms with E-state index in [2.05, 4.69) is 38.5 Å². The lowest BCUT2D eigenvalue weighted by Crippen LogP contribution is -2.36. The topological polar surface area (TPSA) is 46.4 Å². The largest absolute Gasteiger partial charge is 0.377 e. The van der Waals surface area contributed by atoms with Crippen molar-refractivity contribution in [3.63, 3.8) is 0 Å². The summed E-state index contributed by atoms with van der Waals surface area (Å²) in [5.41, 5.74) is 0. The third kappa shape index (κ3) is 4.80. The van der Waals surface area contributed by atoms with Crippen molar-refractivity contribution in [1.29, 1.82) is 0 Å². The smallest absolute Gasteiger partial charge is 0.146 e. The molecule has 1 aromatic rings. The molecule has 142 valence electrons. The molecule has 6 nitrogen and oxygen atoms in total. The van der Waals surface area contributed by atoms with Crippen molar-refractivity contribution in [3.8, 4) is 0 Å². The Morgan fingerprint density at radius 1 is 1.20 bits per heavy atom. The van der Waals surface area contributed by atoms with Gasteiger partial charge in [-0.1, -0.05) is 19.8 Å². The van der Waals surface area contributed by atoms with Gasteiger partial charge in [-0.3, -0.25) is 9.80 Å². The van der Waals surface area contributed by atoms with E-state index in [1.54, 1.807) is 0 Å². The molecule has 0 bridgehead atoms. The summed E-state index contributed by atoms with van der Waals surface area (Å²) in [5, 5.41) is 8.45. The van der Waals surface area contributed by atoms with Crippen molar-refractivity contribution < 1.29 is 4.74 Å². The fourth-order valence-corrected chi connectivity index (χ4v) is 4.18. The summed E-state index contributed by atoms with van der Waals surface area (Å²) in [4.78, 5) is 4.98. The summed E-state index contributed by atoms with van der Waals surface area (Å²) in [6.07, 6.45) is 7.04. The van der Waals surface area contributed by atoms with E-state index in [-0.39, 0.29) is 0 Å². The molecule has 2 aliphatic rings. The molecule has 2 heterocycles. The molecule has 3 atom stereocenters. The molecule has 3 rings (SSSR count). The Labute approximate surface area is 152 Å². The van der Waals surface area contributed by atoms with Gasteiger partial charge in [-0.25, -0.2) is 0 Å². The Morgan fingerprint density at radius 2 is 2.00 bits per heavy atom. The molecule has 1 aliphatic carbocycles. The highest BCUT2D eigenvalue weighted by molar-refractivity contribution is 4.94. The first-order valence-electron chi connectivity index (χ1n) is 9.93. The Balaban J connectivity index is 1.38. The van der Waals surface area contributed by atoms with E-state index >= 15 is 0 Å². The average Bonchev–Trinajstić information content (AvgIpc) is 3.19. The van der Waals surface area contributed by atoms with Gasteiger partial charge in [-0.05, 0) is 45.7 Å². The van der Waals surface area contributed by atoms with Gasteiger partial charge in [0.15, 0.2) is 0 Å². The average molecular weight is 350 g/mol. The zero-order valence-corrected chi connectivity index (χ0v) is 16.4. The molecule has 2 fully saturated rings. The molecule has 1 saturated heterocycles. The number of hydrogen-bond acceptors (Lipinski definition) is 5. The lowest BCUT2D eigenvalue weighted by atomic mass is 9.88. The number of nitrogens with zero attached hydrogens (tertiary/aromatic N) is 5. The SMILES string of the molecule is Cc1nnc(CN(C)[C@@H]2CCN(CCO[C@@H]3CCCC[C@H]3C)C2)n1C. The number of aryl methyl sites for hydroxylation is 1. The fraction of sp³-hybridized carbons (Fsp3) is 0.895. The highest BCUT2D eigenvalue weighted by atomic mass is 16.5. The van der Waals surface area contributed by atoms with Crippen molar-refractivity contribution in [2.45, 2.75) is 64.6 Å². The zero-order chi connectivity index (χ0) is 17.8. The molecule has 1 saturated carbocycles. The molecular weight excluding hydrogens is 314 g/mol. The van der Waals surface area contributed by atoms with E-state index < -0.39 is 0 Å². The summed E-state index contributed by atoms with van der Waals surface area (Å²) in [6, 6.07) is 0.602. The molecule has 0 aromatic carbocycles. The molecule has 1 aromatic heterocycles. The van der Waals surface area contributed by atoms with Crippen LogP contribution in [0.15, 0.2) is 0 Å². The number of ether oxygens (including phenoxy) is 1. The molecule has 25 heavy (non-hydrogen) atoms. The molecule has 0 N–H and O–H groups in total. The number of likely N-dealkylation sites (N-methyl/N-ethyl adjacent to an activating group) is 1. The zero-order valence-electron chi connectivity index (χ0n) is 16.4. The molecule has 6 heteroatoms. The predicted molar refractivity (Wildman–Crippen MR) is 99.4 cm³/mol. The van der Waals surface area contributed by atoms with Crippen LogP contribution < -0.4 is 0 Å². The van der Waals surface area contributed by atoms with Crippen LogP contribution >= 0.6 is 0 Å². The van der Waals surface area contributed by atoms with Crippen LogP contribution in [-0.4, -0.2) is 70.0 Å². The summed E-state index contributed by atoms with van der Waals surface area (Å²) >= 11 is 0. The third-order valence-corrected chi connectivity index (χ3v) is 6.22. The first-order chi connectivity index (χ1) is 12.0. The van der Waals surface area contributed by atoms with Crippen molar-refractivity contribution in [2.24, 2.45) is 13.0 Å². The Hall–Kier alpha value is -0.980. The second-order valence-corrected chi connectivity index (χ2v) is 8.05. The first kappa shape index (κ1) is 18.8. The van der Waals surface area contributed by atoms with Crippen molar-refractivity contribution >= 4 is 0 Å².